The van der Waals surface area contributed by atoms with Crippen LogP contribution < -0.4 is 5.32 Å². The minimum absolute atomic E-state index is 0.144. The van der Waals surface area contributed by atoms with Gasteiger partial charge in [0, 0.05) is 11.6 Å². The number of rotatable bonds is 4. The van der Waals surface area contributed by atoms with E-state index in [0.29, 0.717) is 11.5 Å². The molecule has 23 heavy (non-hydrogen) atoms. The first kappa shape index (κ1) is 15.3. The van der Waals surface area contributed by atoms with Crippen LogP contribution in [0.5, 0.6) is 0 Å². The Bertz CT molecular complexity index is 734. The summed E-state index contributed by atoms with van der Waals surface area (Å²) >= 11 is 0. The number of carbonyl (C=O) groups is 2. The van der Waals surface area contributed by atoms with Gasteiger partial charge in [-0.25, -0.2) is 4.79 Å². The summed E-state index contributed by atoms with van der Waals surface area (Å²) in [4.78, 5) is 23.4. The van der Waals surface area contributed by atoms with Crippen LogP contribution in [0.4, 0.5) is 0 Å². The predicted molar refractivity (Wildman–Crippen MR) is 87.8 cm³/mol. The molecule has 0 aromatic heterocycles. The first-order chi connectivity index (χ1) is 11.0. The molecule has 0 heterocycles. The Kier molecular flexibility index (Phi) is 4.15. The van der Waals surface area contributed by atoms with E-state index in [2.05, 4.69) is 17.4 Å². The van der Waals surface area contributed by atoms with Crippen molar-refractivity contribution in [1.29, 1.82) is 0 Å². The van der Waals surface area contributed by atoms with E-state index in [9.17, 15) is 9.59 Å². The van der Waals surface area contributed by atoms with Crippen molar-refractivity contribution in [2.45, 2.75) is 31.7 Å². The molecule has 1 aliphatic carbocycles. The zero-order chi connectivity index (χ0) is 16.4. The van der Waals surface area contributed by atoms with E-state index in [1.54, 1.807) is 19.1 Å². The summed E-state index contributed by atoms with van der Waals surface area (Å²) in [6, 6.07) is 15.1. The number of aromatic carboxylic acids is 1. The van der Waals surface area contributed by atoms with Crippen molar-refractivity contribution in [3.8, 4) is 0 Å². The minimum Gasteiger partial charge on any atom is -0.478 e. The highest BCUT2D eigenvalue weighted by Crippen LogP contribution is 2.36. The van der Waals surface area contributed by atoms with Crippen molar-refractivity contribution in [2.75, 3.05) is 0 Å². The van der Waals surface area contributed by atoms with Gasteiger partial charge in [0.2, 0.25) is 0 Å². The summed E-state index contributed by atoms with van der Waals surface area (Å²) in [6.07, 6.45) is 1.85. The Balaban J connectivity index is 1.62. The smallest absolute Gasteiger partial charge is 0.335 e. The average molecular weight is 309 g/mol. The monoisotopic (exact) mass is 309 g/mol. The molecule has 0 aliphatic heterocycles. The molecule has 4 heteroatoms. The number of amides is 1. The predicted octanol–water partition coefficient (Wildman–Crippen LogP) is 3.37. The standard InChI is InChI=1S/C19H19NO3/c1-12-7-15(9-16(8-12)19(22)23)18(21)20-17-10-14(11-17)13-5-3-2-4-6-13/h2-9,14,17H,10-11H2,1H3,(H,20,21)(H,22,23). The molecule has 2 aromatic rings. The molecule has 0 atom stereocenters. The highest BCUT2D eigenvalue weighted by molar-refractivity contribution is 5.98. The molecular formula is C19H19NO3. The topological polar surface area (TPSA) is 66.4 Å². The van der Waals surface area contributed by atoms with Gasteiger partial charge < -0.3 is 10.4 Å². The normalized spacial score (nSPS) is 19.7. The highest BCUT2D eigenvalue weighted by atomic mass is 16.4. The molecular weight excluding hydrogens is 290 g/mol. The van der Waals surface area contributed by atoms with Gasteiger partial charge in [0.15, 0.2) is 0 Å². The summed E-state index contributed by atoms with van der Waals surface area (Å²) < 4.78 is 0. The van der Waals surface area contributed by atoms with Gasteiger partial charge in [-0.2, -0.15) is 0 Å². The van der Waals surface area contributed by atoms with Gasteiger partial charge in [-0.05, 0) is 55.0 Å². The number of aryl methyl sites for hydroxylation is 1. The lowest BCUT2D eigenvalue weighted by molar-refractivity contribution is 0.0696. The third kappa shape index (κ3) is 3.42. The molecule has 2 N–H and O–H groups in total. The van der Waals surface area contributed by atoms with Gasteiger partial charge in [0.05, 0.1) is 5.56 Å². The number of carbonyl (C=O) groups excluding carboxylic acids is 1. The van der Waals surface area contributed by atoms with Crippen LogP contribution in [-0.2, 0) is 0 Å². The number of nitrogens with one attached hydrogen (secondary N) is 1. The molecule has 1 aliphatic rings. The van der Waals surface area contributed by atoms with Gasteiger partial charge in [0.1, 0.15) is 0 Å². The van der Waals surface area contributed by atoms with E-state index in [4.69, 9.17) is 5.11 Å². The van der Waals surface area contributed by atoms with Crippen molar-refractivity contribution in [3.63, 3.8) is 0 Å². The first-order valence-corrected chi connectivity index (χ1v) is 7.73. The summed E-state index contributed by atoms with van der Waals surface area (Å²) in [7, 11) is 0. The maximum absolute atomic E-state index is 12.3. The van der Waals surface area contributed by atoms with Gasteiger partial charge in [0.25, 0.3) is 5.91 Å². The van der Waals surface area contributed by atoms with Crippen molar-refractivity contribution in [3.05, 3.63) is 70.8 Å². The maximum Gasteiger partial charge on any atom is 0.335 e. The summed E-state index contributed by atoms with van der Waals surface area (Å²) in [6.45, 7) is 1.79. The van der Waals surface area contributed by atoms with Gasteiger partial charge in [-0.15, -0.1) is 0 Å². The second kappa shape index (κ2) is 6.24. The number of benzene rings is 2. The van der Waals surface area contributed by atoms with Crippen LogP contribution >= 0.6 is 0 Å². The number of carboxylic acid groups (broad SMARTS) is 1. The second-order valence-corrected chi connectivity index (χ2v) is 6.14. The second-order valence-electron chi connectivity index (χ2n) is 6.14. The van der Waals surface area contributed by atoms with Gasteiger partial charge in [-0.3, -0.25) is 4.79 Å². The lowest BCUT2D eigenvalue weighted by Crippen LogP contribution is -2.43. The molecule has 0 saturated heterocycles. The zero-order valence-electron chi connectivity index (χ0n) is 13.0. The molecule has 0 spiro atoms. The van der Waals surface area contributed by atoms with E-state index in [-0.39, 0.29) is 17.5 Å². The summed E-state index contributed by atoms with van der Waals surface area (Å²) in [5, 5.41) is 12.1. The van der Waals surface area contributed by atoms with Crippen LogP contribution in [0.2, 0.25) is 0 Å². The molecule has 0 radical (unpaired) electrons. The molecule has 0 bridgehead atoms. The molecule has 4 nitrogen and oxygen atoms in total. The largest absolute Gasteiger partial charge is 0.478 e. The van der Waals surface area contributed by atoms with Crippen molar-refractivity contribution in [1.82, 2.24) is 5.32 Å². The van der Waals surface area contributed by atoms with E-state index in [1.165, 1.54) is 11.6 Å². The van der Waals surface area contributed by atoms with Crippen LogP contribution in [-0.4, -0.2) is 23.0 Å². The van der Waals surface area contributed by atoms with E-state index in [1.807, 2.05) is 18.2 Å². The highest BCUT2D eigenvalue weighted by Gasteiger charge is 2.31. The Hall–Kier alpha value is -2.62. The van der Waals surface area contributed by atoms with Gasteiger partial charge in [-0.1, -0.05) is 30.3 Å². The van der Waals surface area contributed by atoms with Gasteiger partial charge >= 0.3 is 5.97 Å². The quantitative estimate of drug-likeness (QED) is 0.910. The van der Waals surface area contributed by atoms with E-state index >= 15 is 0 Å². The van der Waals surface area contributed by atoms with Crippen molar-refractivity contribution >= 4 is 11.9 Å². The zero-order valence-corrected chi connectivity index (χ0v) is 13.0. The Morgan fingerprint density at radius 3 is 2.35 bits per heavy atom. The lowest BCUT2D eigenvalue weighted by Gasteiger charge is -2.36. The SMILES string of the molecule is Cc1cc(C(=O)O)cc(C(=O)NC2CC(c3ccccc3)C2)c1. The summed E-state index contributed by atoms with van der Waals surface area (Å²) in [5.41, 5.74) is 2.63. The number of hydrogen-bond acceptors (Lipinski definition) is 2. The number of carboxylic acids is 1. The molecule has 1 fully saturated rings. The van der Waals surface area contributed by atoms with E-state index < -0.39 is 5.97 Å². The van der Waals surface area contributed by atoms with Crippen LogP contribution in [0.15, 0.2) is 48.5 Å². The van der Waals surface area contributed by atoms with Crippen LogP contribution in [0, 0.1) is 6.92 Å². The van der Waals surface area contributed by atoms with Crippen molar-refractivity contribution in [2.24, 2.45) is 0 Å². The molecule has 1 amide bonds. The van der Waals surface area contributed by atoms with Crippen LogP contribution in [0.25, 0.3) is 0 Å². The third-order valence-corrected chi connectivity index (χ3v) is 4.33. The van der Waals surface area contributed by atoms with E-state index in [0.717, 1.165) is 18.4 Å². The summed E-state index contributed by atoms with van der Waals surface area (Å²) in [5.74, 6) is -0.725. The average Bonchev–Trinajstić information content (AvgIpc) is 2.50. The molecule has 3 rings (SSSR count). The lowest BCUT2D eigenvalue weighted by atomic mass is 9.76. The molecule has 118 valence electrons. The molecule has 2 aromatic carbocycles. The van der Waals surface area contributed by atoms with Crippen molar-refractivity contribution < 1.29 is 14.7 Å². The Morgan fingerprint density at radius 2 is 1.70 bits per heavy atom. The molecule has 1 saturated carbocycles. The van der Waals surface area contributed by atoms with Crippen LogP contribution in [0.1, 0.15) is 50.6 Å². The minimum atomic E-state index is -1.02. The first-order valence-electron chi connectivity index (χ1n) is 7.73. The fourth-order valence-electron chi connectivity index (χ4n) is 3.04. The fraction of sp³-hybridized carbons (Fsp3) is 0.263. The molecule has 0 unspecified atom stereocenters. The maximum atomic E-state index is 12.3. The fourth-order valence-corrected chi connectivity index (χ4v) is 3.04. The Morgan fingerprint density at radius 1 is 1.04 bits per heavy atom. The third-order valence-electron chi connectivity index (χ3n) is 4.33. The number of hydrogen-bond donors (Lipinski definition) is 2. The van der Waals surface area contributed by atoms with Crippen LogP contribution in [0.3, 0.4) is 0 Å². The Labute approximate surface area is 135 Å².